The minimum absolute atomic E-state index is 0.243. The molecule has 0 saturated carbocycles. The second-order valence-electron chi connectivity index (χ2n) is 12.0. The highest BCUT2D eigenvalue weighted by molar-refractivity contribution is 5.91. The molecule has 1 aliphatic heterocycles. The molecule has 4 aromatic rings. The summed E-state index contributed by atoms with van der Waals surface area (Å²) in [4.78, 5) is 34.8. The Bertz CT molecular complexity index is 1550. The number of benzene rings is 2. The van der Waals surface area contributed by atoms with Gasteiger partial charge in [0.25, 0.3) is 0 Å². The molecule has 3 atom stereocenters. The van der Waals surface area contributed by atoms with E-state index in [1.165, 1.54) is 0 Å². The van der Waals surface area contributed by atoms with Gasteiger partial charge in [-0.15, -0.1) is 0 Å². The number of aromatic amines is 1. The number of hydrogen-bond donors (Lipinski definition) is 4. The van der Waals surface area contributed by atoms with Crippen molar-refractivity contribution in [3.63, 3.8) is 0 Å². The molecule has 5 rings (SSSR count). The summed E-state index contributed by atoms with van der Waals surface area (Å²) in [7, 11) is 0. The van der Waals surface area contributed by atoms with Crippen LogP contribution in [-0.2, 0) is 27.4 Å². The number of carbonyl (C=O) groups excluding carboxylic acids is 2. The predicted octanol–water partition coefficient (Wildman–Crippen LogP) is 4.70. The zero-order valence-electron chi connectivity index (χ0n) is 25.1. The van der Waals surface area contributed by atoms with Crippen LogP contribution in [0.2, 0.25) is 0 Å². The van der Waals surface area contributed by atoms with Gasteiger partial charge in [0.15, 0.2) is 0 Å². The maximum Gasteiger partial charge on any atom is 0.329 e. The first kappa shape index (κ1) is 30.3. The van der Waals surface area contributed by atoms with Crippen molar-refractivity contribution in [3.8, 4) is 5.75 Å². The number of amides is 1. The van der Waals surface area contributed by atoms with Gasteiger partial charge in [0.1, 0.15) is 24.0 Å². The average molecular weight is 584 g/mol. The quantitative estimate of drug-likeness (QED) is 0.149. The number of aromatic nitrogens is 2. The Morgan fingerprint density at radius 1 is 1.07 bits per heavy atom. The number of nitrogens with zero attached hydrogens (tertiary/aromatic N) is 1. The van der Waals surface area contributed by atoms with Crippen LogP contribution >= 0.6 is 0 Å². The number of nitrogens with two attached hydrogens (primary N) is 1. The van der Waals surface area contributed by atoms with Crippen LogP contribution in [0, 0.1) is 0 Å². The number of ether oxygens (including phenoxy) is 2. The molecule has 1 amide bonds. The van der Waals surface area contributed by atoms with Gasteiger partial charge in [-0.05, 0) is 94.5 Å². The molecule has 3 heterocycles. The molecule has 43 heavy (non-hydrogen) atoms. The Balaban J connectivity index is 1.41. The molecule has 0 aliphatic carbocycles. The van der Waals surface area contributed by atoms with Crippen molar-refractivity contribution in [1.82, 2.24) is 20.6 Å². The van der Waals surface area contributed by atoms with Gasteiger partial charge < -0.3 is 25.5 Å². The monoisotopic (exact) mass is 583 g/mol. The van der Waals surface area contributed by atoms with Gasteiger partial charge in [0, 0.05) is 22.8 Å². The number of hydrogen-bond acceptors (Lipinski definition) is 7. The fourth-order valence-electron chi connectivity index (χ4n) is 5.48. The molecule has 9 nitrogen and oxygen atoms in total. The zero-order valence-corrected chi connectivity index (χ0v) is 25.1. The van der Waals surface area contributed by atoms with Crippen molar-refractivity contribution in [2.24, 2.45) is 5.73 Å². The van der Waals surface area contributed by atoms with Crippen LogP contribution in [0.25, 0.3) is 10.9 Å². The highest BCUT2D eigenvalue weighted by Crippen LogP contribution is 2.36. The molecule has 2 aromatic carbocycles. The van der Waals surface area contributed by atoms with Gasteiger partial charge in [0.2, 0.25) is 5.91 Å². The van der Waals surface area contributed by atoms with E-state index in [1.807, 2.05) is 81.4 Å². The van der Waals surface area contributed by atoms with Gasteiger partial charge in [-0.1, -0.05) is 36.4 Å². The van der Waals surface area contributed by atoms with Gasteiger partial charge in [0.05, 0.1) is 17.8 Å². The molecule has 0 bridgehead atoms. The number of nitrogens with one attached hydrogen (secondary N) is 3. The number of pyridine rings is 1. The van der Waals surface area contributed by atoms with Crippen LogP contribution in [0.3, 0.4) is 0 Å². The van der Waals surface area contributed by atoms with Crippen molar-refractivity contribution in [1.29, 1.82) is 0 Å². The van der Waals surface area contributed by atoms with E-state index < -0.39 is 23.7 Å². The fraction of sp³-hybridized carbons (Fsp3) is 0.382. The summed E-state index contributed by atoms with van der Waals surface area (Å²) in [6.45, 7) is 6.34. The summed E-state index contributed by atoms with van der Waals surface area (Å²) < 4.78 is 11.7. The van der Waals surface area contributed by atoms with Crippen LogP contribution in [0.5, 0.6) is 5.75 Å². The summed E-state index contributed by atoms with van der Waals surface area (Å²) >= 11 is 0. The molecule has 0 radical (unpaired) electrons. The minimum atomic E-state index is -0.758. The molecule has 0 saturated heterocycles. The zero-order chi connectivity index (χ0) is 30.4. The highest BCUT2D eigenvalue weighted by atomic mass is 16.6. The lowest BCUT2D eigenvalue weighted by atomic mass is 9.89. The van der Waals surface area contributed by atoms with Gasteiger partial charge in [-0.2, -0.15) is 0 Å². The molecule has 0 spiro atoms. The van der Waals surface area contributed by atoms with Crippen molar-refractivity contribution in [3.05, 3.63) is 95.4 Å². The van der Waals surface area contributed by atoms with E-state index >= 15 is 0 Å². The van der Waals surface area contributed by atoms with E-state index in [2.05, 4.69) is 26.7 Å². The largest absolute Gasteiger partial charge is 0.487 e. The third kappa shape index (κ3) is 7.60. The molecule has 9 heteroatoms. The fourth-order valence-corrected chi connectivity index (χ4v) is 5.48. The number of fused-ring (bicyclic) bond motifs is 3. The summed E-state index contributed by atoms with van der Waals surface area (Å²) in [5.41, 5.74) is 9.92. The normalized spacial score (nSPS) is 17.2. The number of para-hydroxylation sites is 1. The average Bonchev–Trinajstić information content (AvgIpc) is 3.37. The third-order valence-corrected chi connectivity index (χ3v) is 7.49. The Morgan fingerprint density at radius 2 is 1.88 bits per heavy atom. The standard InChI is InChI=1S/C34H41N5O4/c1-34(2,3)43-33(41)28(16-6-8-17-35)39-32(40)29-20-26-25-14-4-5-15-27(25)37-31(26)30(38-29)22-11-10-13-24(19-22)42-21-23-12-7-9-18-36-23/h4-5,7,9-15,18-19,28-30,37-38H,6,8,16-17,20-21,35H2,1-3H3,(H,39,40). The van der Waals surface area contributed by atoms with E-state index in [0.717, 1.165) is 39.8 Å². The third-order valence-electron chi connectivity index (χ3n) is 7.49. The molecule has 5 N–H and O–H groups in total. The molecular formula is C34H41N5O4. The molecule has 226 valence electrons. The lowest BCUT2D eigenvalue weighted by molar-refractivity contribution is -0.159. The Kier molecular flexibility index (Phi) is 9.43. The van der Waals surface area contributed by atoms with Crippen molar-refractivity contribution >= 4 is 22.8 Å². The lowest BCUT2D eigenvalue weighted by Crippen LogP contribution is -2.54. The Morgan fingerprint density at radius 3 is 2.65 bits per heavy atom. The first-order chi connectivity index (χ1) is 20.7. The lowest BCUT2D eigenvalue weighted by Gasteiger charge is -2.32. The van der Waals surface area contributed by atoms with Crippen molar-refractivity contribution in [2.45, 2.75) is 76.8 Å². The predicted molar refractivity (Wildman–Crippen MR) is 166 cm³/mol. The van der Waals surface area contributed by atoms with Crippen LogP contribution in [-0.4, -0.2) is 46.1 Å². The maximum atomic E-state index is 13.8. The number of rotatable bonds is 11. The van der Waals surface area contributed by atoms with E-state index in [0.29, 0.717) is 38.2 Å². The number of H-pyrrole nitrogens is 1. The summed E-state index contributed by atoms with van der Waals surface area (Å²) in [6, 6.07) is 20.1. The SMILES string of the molecule is CC(C)(C)OC(=O)C(CCCCN)NC(=O)C1Cc2c([nH]c3ccccc23)C(c2cccc(OCc3ccccn3)c2)N1. The van der Waals surface area contributed by atoms with Crippen molar-refractivity contribution in [2.75, 3.05) is 6.54 Å². The molecule has 1 aliphatic rings. The summed E-state index contributed by atoms with van der Waals surface area (Å²) in [5, 5.41) is 7.65. The second kappa shape index (κ2) is 13.4. The van der Waals surface area contributed by atoms with E-state index in [1.54, 1.807) is 6.20 Å². The topological polar surface area (TPSA) is 131 Å². The van der Waals surface area contributed by atoms with E-state index in [4.69, 9.17) is 15.2 Å². The van der Waals surface area contributed by atoms with Gasteiger partial charge >= 0.3 is 5.97 Å². The molecule has 2 aromatic heterocycles. The molecule has 0 fully saturated rings. The number of esters is 1. The first-order valence-corrected chi connectivity index (χ1v) is 14.9. The van der Waals surface area contributed by atoms with Gasteiger partial charge in [-0.25, -0.2) is 4.79 Å². The summed E-state index contributed by atoms with van der Waals surface area (Å²) in [5.74, 6) is 0.0296. The van der Waals surface area contributed by atoms with Crippen molar-refractivity contribution < 1.29 is 19.1 Å². The smallest absolute Gasteiger partial charge is 0.329 e. The second-order valence-corrected chi connectivity index (χ2v) is 12.0. The maximum absolute atomic E-state index is 13.8. The molecular weight excluding hydrogens is 542 g/mol. The molecule has 3 unspecified atom stereocenters. The van der Waals surface area contributed by atoms with E-state index in [-0.39, 0.29) is 11.9 Å². The number of carbonyl (C=O) groups is 2. The van der Waals surface area contributed by atoms with Gasteiger partial charge in [-0.3, -0.25) is 15.1 Å². The Labute approximate surface area is 252 Å². The minimum Gasteiger partial charge on any atom is -0.487 e. The highest BCUT2D eigenvalue weighted by Gasteiger charge is 2.36. The van der Waals surface area contributed by atoms with Crippen LogP contribution < -0.4 is 21.1 Å². The van der Waals surface area contributed by atoms with Crippen LogP contribution in [0.4, 0.5) is 0 Å². The summed E-state index contributed by atoms with van der Waals surface area (Å²) in [6.07, 6.45) is 4.15. The number of unbranched alkanes of at least 4 members (excludes halogenated alkanes) is 1. The van der Waals surface area contributed by atoms with E-state index in [9.17, 15) is 9.59 Å². The Hall–Kier alpha value is -4.21. The van der Waals surface area contributed by atoms with Crippen LogP contribution in [0.15, 0.2) is 72.9 Å². The first-order valence-electron chi connectivity index (χ1n) is 14.9. The van der Waals surface area contributed by atoms with Crippen LogP contribution in [0.1, 0.15) is 68.6 Å².